The summed E-state index contributed by atoms with van der Waals surface area (Å²) in [5.41, 5.74) is 5.94. The highest BCUT2D eigenvalue weighted by atomic mass is 19.1. The summed E-state index contributed by atoms with van der Waals surface area (Å²) in [5, 5.41) is 10.8. The Morgan fingerprint density at radius 1 is 0.952 bits per heavy atom. The monoisotopic (exact) mass is 291 g/mol. The van der Waals surface area contributed by atoms with Crippen LogP contribution in [0, 0.1) is 17.5 Å². The van der Waals surface area contributed by atoms with E-state index in [4.69, 9.17) is 5.73 Å². The van der Waals surface area contributed by atoms with Crippen LogP contribution in [0.3, 0.4) is 0 Å². The van der Waals surface area contributed by atoms with Crippen molar-refractivity contribution in [1.29, 1.82) is 0 Å². The van der Waals surface area contributed by atoms with Gasteiger partial charge in [0.15, 0.2) is 5.82 Å². The molecule has 1 heterocycles. The first-order chi connectivity index (χ1) is 10.1. The summed E-state index contributed by atoms with van der Waals surface area (Å²) in [6.07, 6.45) is 0. The van der Waals surface area contributed by atoms with Gasteiger partial charge < -0.3 is 5.73 Å². The van der Waals surface area contributed by atoms with Gasteiger partial charge in [-0.25, -0.2) is 13.2 Å². The third-order valence-electron chi connectivity index (χ3n) is 2.86. The van der Waals surface area contributed by atoms with E-state index in [1.54, 1.807) is 0 Å². The molecule has 5 nitrogen and oxygen atoms in total. The number of nitrogens with two attached hydrogens (primary N) is 1. The van der Waals surface area contributed by atoms with Crippen LogP contribution in [-0.2, 0) is 0 Å². The maximum atomic E-state index is 13.8. The van der Waals surface area contributed by atoms with E-state index in [2.05, 4.69) is 15.5 Å². The predicted molar refractivity (Wildman–Crippen MR) is 68.9 cm³/mol. The molecule has 0 saturated carbocycles. The number of nitrogen functional groups attached to an aromatic ring is 1. The molecule has 1 aromatic heterocycles. The number of hydrogen-bond donors (Lipinski definition) is 1. The molecule has 0 aliphatic carbocycles. The van der Waals surface area contributed by atoms with Gasteiger partial charge >= 0.3 is 0 Å². The van der Waals surface area contributed by atoms with E-state index in [0.717, 1.165) is 28.9 Å². The number of nitrogens with zero attached hydrogens (tertiary/aromatic N) is 4. The molecule has 0 bridgehead atoms. The Hall–Kier alpha value is -2.90. The van der Waals surface area contributed by atoms with E-state index in [1.807, 2.05) is 0 Å². The Balaban J connectivity index is 2.19. The Labute approximate surface area is 116 Å². The normalized spacial score (nSPS) is 10.8. The zero-order valence-corrected chi connectivity index (χ0v) is 10.5. The van der Waals surface area contributed by atoms with Crippen LogP contribution < -0.4 is 5.73 Å². The Morgan fingerprint density at radius 2 is 1.67 bits per heavy atom. The van der Waals surface area contributed by atoms with Crippen molar-refractivity contribution in [3.05, 3.63) is 53.8 Å². The highest BCUT2D eigenvalue weighted by Crippen LogP contribution is 2.26. The SMILES string of the molecule is Nc1cc(F)ccc1-c1nnnn1-c1cc(F)ccc1F. The quantitative estimate of drug-likeness (QED) is 0.736. The van der Waals surface area contributed by atoms with Crippen molar-refractivity contribution in [3.8, 4) is 17.1 Å². The highest BCUT2D eigenvalue weighted by Gasteiger charge is 2.17. The maximum Gasteiger partial charge on any atom is 0.189 e. The molecule has 8 heteroatoms. The van der Waals surface area contributed by atoms with Gasteiger partial charge in [-0.05, 0) is 40.8 Å². The predicted octanol–water partition coefficient (Wildman–Crippen LogP) is 2.33. The number of rotatable bonds is 2. The second-order valence-electron chi connectivity index (χ2n) is 4.24. The van der Waals surface area contributed by atoms with E-state index in [9.17, 15) is 13.2 Å². The molecule has 0 fully saturated rings. The van der Waals surface area contributed by atoms with Crippen LogP contribution in [0.25, 0.3) is 17.1 Å². The fourth-order valence-corrected chi connectivity index (χ4v) is 1.90. The third-order valence-corrected chi connectivity index (χ3v) is 2.86. The van der Waals surface area contributed by atoms with E-state index in [0.29, 0.717) is 5.56 Å². The summed E-state index contributed by atoms with van der Waals surface area (Å²) >= 11 is 0. The van der Waals surface area contributed by atoms with Crippen LogP contribution in [0.2, 0.25) is 0 Å². The molecule has 0 unspecified atom stereocenters. The van der Waals surface area contributed by atoms with Gasteiger partial charge in [0, 0.05) is 17.3 Å². The molecule has 0 spiro atoms. The molecular formula is C13H8F3N5. The van der Waals surface area contributed by atoms with Gasteiger partial charge in [-0.1, -0.05) is 0 Å². The van der Waals surface area contributed by atoms with E-state index in [1.165, 1.54) is 12.1 Å². The van der Waals surface area contributed by atoms with E-state index < -0.39 is 17.5 Å². The lowest BCUT2D eigenvalue weighted by molar-refractivity contribution is 0.584. The lowest BCUT2D eigenvalue weighted by Crippen LogP contribution is -2.04. The number of anilines is 1. The van der Waals surface area contributed by atoms with Gasteiger partial charge in [0.2, 0.25) is 0 Å². The Bertz CT molecular complexity index is 815. The molecule has 3 rings (SSSR count). The zero-order chi connectivity index (χ0) is 15.0. The highest BCUT2D eigenvalue weighted by molar-refractivity contribution is 5.72. The molecule has 0 amide bonds. The summed E-state index contributed by atoms with van der Waals surface area (Å²) in [6, 6.07) is 6.53. The summed E-state index contributed by atoms with van der Waals surface area (Å²) in [7, 11) is 0. The van der Waals surface area contributed by atoms with E-state index in [-0.39, 0.29) is 17.2 Å². The van der Waals surface area contributed by atoms with Crippen LogP contribution in [0.5, 0.6) is 0 Å². The molecule has 21 heavy (non-hydrogen) atoms. The van der Waals surface area contributed by atoms with Crippen LogP contribution in [0.1, 0.15) is 0 Å². The standard InChI is InChI=1S/C13H8F3N5/c14-7-1-3-9(11(17)5-7)13-18-19-20-21(13)12-6-8(15)2-4-10(12)16/h1-6H,17H2. The van der Waals surface area contributed by atoms with Crippen molar-refractivity contribution in [3.63, 3.8) is 0 Å². The molecule has 3 aromatic rings. The molecule has 0 saturated heterocycles. The van der Waals surface area contributed by atoms with Crippen LogP contribution in [-0.4, -0.2) is 20.2 Å². The van der Waals surface area contributed by atoms with Gasteiger partial charge in [-0.3, -0.25) is 0 Å². The van der Waals surface area contributed by atoms with Gasteiger partial charge in [0.05, 0.1) is 0 Å². The number of tetrazole rings is 1. The molecule has 0 aliphatic heterocycles. The molecule has 0 radical (unpaired) electrons. The second kappa shape index (κ2) is 4.89. The largest absolute Gasteiger partial charge is 0.398 e. The van der Waals surface area contributed by atoms with Crippen LogP contribution in [0.4, 0.5) is 18.9 Å². The summed E-state index contributed by atoms with van der Waals surface area (Å²) in [5.74, 6) is -1.78. The van der Waals surface area contributed by atoms with Crippen molar-refractivity contribution in [2.75, 3.05) is 5.73 Å². The minimum absolute atomic E-state index is 0.0806. The average molecular weight is 291 g/mol. The number of aromatic nitrogens is 4. The zero-order valence-electron chi connectivity index (χ0n) is 10.5. The molecular weight excluding hydrogens is 283 g/mol. The fourth-order valence-electron chi connectivity index (χ4n) is 1.90. The molecule has 2 aromatic carbocycles. The van der Waals surface area contributed by atoms with Crippen molar-refractivity contribution in [2.24, 2.45) is 0 Å². The van der Waals surface area contributed by atoms with Crippen LogP contribution in [0.15, 0.2) is 36.4 Å². The molecule has 0 atom stereocenters. The van der Waals surface area contributed by atoms with Gasteiger partial charge in [-0.2, -0.15) is 4.68 Å². The molecule has 106 valence electrons. The number of benzene rings is 2. The van der Waals surface area contributed by atoms with Gasteiger partial charge in [-0.15, -0.1) is 5.10 Å². The molecule has 0 aliphatic rings. The first kappa shape index (κ1) is 13.1. The van der Waals surface area contributed by atoms with E-state index >= 15 is 0 Å². The average Bonchev–Trinajstić information content (AvgIpc) is 2.90. The minimum atomic E-state index is -0.703. The number of halogens is 3. The summed E-state index contributed by atoms with van der Waals surface area (Å²) in [6.45, 7) is 0. The summed E-state index contributed by atoms with van der Waals surface area (Å²) in [4.78, 5) is 0. The van der Waals surface area contributed by atoms with Crippen molar-refractivity contribution < 1.29 is 13.2 Å². The van der Waals surface area contributed by atoms with Gasteiger partial charge in [0.1, 0.15) is 23.1 Å². The maximum absolute atomic E-state index is 13.8. The van der Waals surface area contributed by atoms with Crippen LogP contribution >= 0.6 is 0 Å². The molecule has 2 N–H and O–H groups in total. The Morgan fingerprint density at radius 3 is 2.43 bits per heavy atom. The first-order valence-electron chi connectivity index (χ1n) is 5.85. The Kier molecular flexibility index (Phi) is 3.05. The second-order valence-corrected chi connectivity index (χ2v) is 4.24. The lowest BCUT2D eigenvalue weighted by Gasteiger charge is -2.08. The van der Waals surface area contributed by atoms with Crippen molar-refractivity contribution >= 4 is 5.69 Å². The lowest BCUT2D eigenvalue weighted by atomic mass is 10.1. The minimum Gasteiger partial charge on any atom is -0.398 e. The van der Waals surface area contributed by atoms with Crippen molar-refractivity contribution in [2.45, 2.75) is 0 Å². The van der Waals surface area contributed by atoms with Crippen molar-refractivity contribution in [1.82, 2.24) is 20.2 Å². The smallest absolute Gasteiger partial charge is 0.189 e. The number of hydrogen-bond acceptors (Lipinski definition) is 4. The topological polar surface area (TPSA) is 69.6 Å². The summed E-state index contributed by atoms with van der Waals surface area (Å²) < 4.78 is 41.2. The van der Waals surface area contributed by atoms with Gasteiger partial charge in [0.25, 0.3) is 0 Å². The third kappa shape index (κ3) is 2.31. The first-order valence-corrected chi connectivity index (χ1v) is 5.85. The fraction of sp³-hybridized carbons (Fsp3) is 0.